The van der Waals surface area contributed by atoms with Crippen molar-refractivity contribution in [2.45, 2.75) is 32.5 Å². The number of carbonyl (C=O) groups excluding carboxylic acids is 2. The summed E-state index contributed by atoms with van der Waals surface area (Å²) in [5.74, 6) is -0.289. The quantitative estimate of drug-likeness (QED) is 0.313. The van der Waals surface area contributed by atoms with Gasteiger partial charge in [0.05, 0.1) is 36.8 Å². The lowest BCUT2D eigenvalue weighted by Crippen LogP contribution is -2.26. The second-order valence-corrected chi connectivity index (χ2v) is 8.41. The van der Waals surface area contributed by atoms with Gasteiger partial charge in [-0.3, -0.25) is 14.6 Å². The molecule has 0 saturated heterocycles. The number of nitrogens with zero attached hydrogens (tertiary/aromatic N) is 4. The van der Waals surface area contributed by atoms with E-state index in [4.69, 9.17) is 4.74 Å². The molecule has 3 heterocycles. The number of alkyl halides is 3. The Bertz CT molecular complexity index is 1490. The molecule has 1 aliphatic rings. The minimum atomic E-state index is -4.81. The number of pyridine rings is 1. The molecule has 0 N–H and O–H groups in total. The fourth-order valence-corrected chi connectivity index (χ4v) is 4.51. The summed E-state index contributed by atoms with van der Waals surface area (Å²) in [6.07, 6.45) is -2.06. The van der Waals surface area contributed by atoms with Gasteiger partial charge in [-0.25, -0.2) is 4.68 Å². The van der Waals surface area contributed by atoms with Gasteiger partial charge < -0.3 is 9.64 Å². The van der Waals surface area contributed by atoms with Crippen LogP contribution in [-0.2, 0) is 12.7 Å². The molecule has 0 fully saturated rings. The molecule has 7 nitrogen and oxygen atoms in total. The lowest BCUT2D eigenvalue weighted by molar-refractivity contribution is -0.143. The molecule has 0 bridgehead atoms. The van der Waals surface area contributed by atoms with Crippen LogP contribution in [0.1, 0.15) is 51.9 Å². The van der Waals surface area contributed by atoms with Crippen molar-refractivity contribution in [1.82, 2.24) is 14.8 Å². The summed E-state index contributed by atoms with van der Waals surface area (Å²) in [7, 11) is 1.56. The summed E-state index contributed by atoms with van der Waals surface area (Å²) in [5.41, 5.74) is 0.0533. The first-order valence-electron chi connectivity index (χ1n) is 11.3. The number of Topliss-reactive ketones (excluding diaryl/α,β-unsaturated/α-hetero) is 1. The molecule has 10 heteroatoms. The molecular weight excluding hydrogens is 473 g/mol. The van der Waals surface area contributed by atoms with Crippen LogP contribution in [0.25, 0.3) is 16.5 Å². The highest BCUT2D eigenvalue weighted by molar-refractivity contribution is 6.24. The van der Waals surface area contributed by atoms with Gasteiger partial charge in [0.1, 0.15) is 11.4 Å². The minimum Gasteiger partial charge on any atom is -0.497 e. The molecule has 5 rings (SSSR count). The van der Waals surface area contributed by atoms with Crippen molar-refractivity contribution in [3.05, 3.63) is 77.4 Å². The molecule has 0 spiro atoms. The van der Waals surface area contributed by atoms with Gasteiger partial charge in [0.15, 0.2) is 11.5 Å². The molecule has 0 aliphatic carbocycles. The molecular formula is C26H21F3N4O3. The van der Waals surface area contributed by atoms with Crippen LogP contribution in [0.15, 0.2) is 54.9 Å². The van der Waals surface area contributed by atoms with E-state index < -0.39 is 23.2 Å². The third-order valence-corrected chi connectivity index (χ3v) is 6.16. The Morgan fingerprint density at radius 2 is 1.78 bits per heavy atom. The molecule has 1 aliphatic heterocycles. The molecule has 36 heavy (non-hydrogen) atoms. The zero-order valence-electron chi connectivity index (χ0n) is 19.5. The van der Waals surface area contributed by atoms with Crippen molar-refractivity contribution < 1.29 is 27.5 Å². The van der Waals surface area contributed by atoms with Crippen LogP contribution in [0.5, 0.6) is 5.75 Å². The number of methoxy groups -OCH3 is 1. The number of ketones is 1. The molecule has 0 radical (unpaired) electrons. The smallest absolute Gasteiger partial charge is 0.434 e. The van der Waals surface area contributed by atoms with Gasteiger partial charge >= 0.3 is 6.18 Å². The molecule has 2 aromatic heterocycles. The van der Waals surface area contributed by atoms with E-state index in [2.05, 4.69) is 10.1 Å². The number of halogens is 3. The second-order valence-electron chi connectivity index (χ2n) is 8.41. The maximum Gasteiger partial charge on any atom is 0.434 e. The van der Waals surface area contributed by atoms with Crippen LogP contribution in [-0.4, -0.2) is 33.6 Å². The van der Waals surface area contributed by atoms with Crippen molar-refractivity contribution in [1.29, 1.82) is 0 Å². The number of hydrogen-bond acceptors (Lipinski definition) is 5. The van der Waals surface area contributed by atoms with Crippen LogP contribution >= 0.6 is 0 Å². The third-order valence-electron chi connectivity index (χ3n) is 6.16. The Labute approximate surface area is 204 Å². The SMILES string of the molecule is CCCC(=O)c1cnn(-c2ccc3c4c(nccc24)C(=O)N3Cc2ccc(OC)cc2)c1C(F)(F)F. The van der Waals surface area contributed by atoms with Gasteiger partial charge in [-0.15, -0.1) is 0 Å². The number of rotatable bonds is 7. The van der Waals surface area contributed by atoms with Gasteiger partial charge in [0.25, 0.3) is 5.91 Å². The molecule has 4 aromatic rings. The monoisotopic (exact) mass is 494 g/mol. The highest BCUT2D eigenvalue weighted by Gasteiger charge is 2.41. The first-order chi connectivity index (χ1) is 17.2. The van der Waals surface area contributed by atoms with Crippen molar-refractivity contribution in [2.75, 3.05) is 12.0 Å². The molecule has 1 amide bonds. The minimum absolute atomic E-state index is 0.0165. The van der Waals surface area contributed by atoms with Crippen LogP contribution in [0.2, 0.25) is 0 Å². The van der Waals surface area contributed by atoms with E-state index >= 15 is 0 Å². The maximum atomic E-state index is 14.1. The second kappa shape index (κ2) is 8.78. The average Bonchev–Trinajstić information content (AvgIpc) is 3.42. The predicted molar refractivity (Wildman–Crippen MR) is 127 cm³/mol. The third kappa shape index (κ3) is 3.78. The molecule has 0 atom stereocenters. The van der Waals surface area contributed by atoms with E-state index in [0.717, 1.165) is 16.4 Å². The van der Waals surface area contributed by atoms with E-state index in [1.807, 2.05) is 12.1 Å². The van der Waals surface area contributed by atoms with Crippen molar-refractivity contribution >= 4 is 28.2 Å². The number of amides is 1. The molecule has 0 unspecified atom stereocenters. The van der Waals surface area contributed by atoms with Crippen LogP contribution in [0.4, 0.5) is 18.9 Å². The Kier molecular flexibility index (Phi) is 5.74. The first kappa shape index (κ1) is 23.5. The lowest BCUT2D eigenvalue weighted by atomic mass is 10.1. The Hall–Kier alpha value is -4.21. The van der Waals surface area contributed by atoms with E-state index in [0.29, 0.717) is 28.6 Å². The van der Waals surface area contributed by atoms with Gasteiger partial charge in [0.2, 0.25) is 0 Å². The largest absolute Gasteiger partial charge is 0.497 e. The lowest BCUT2D eigenvalue weighted by Gasteiger charge is -2.19. The van der Waals surface area contributed by atoms with Crippen LogP contribution in [0, 0.1) is 0 Å². The first-order valence-corrected chi connectivity index (χ1v) is 11.3. The van der Waals surface area contributed by atoms with Gasteiger partial charge in [0, 0.05) is 23.4 Å². The van der Waals surface area contributed by atoms with Crippen LogP contribution < -0.4 is 9.64 Å². The predicted octanol–water partition coefficient (Wildman–Crippen LogP) is 5.59. The number of benzene rings is 2. The Morgan fingerprint density at radius 1 is 1.06 bits per heavy atom. The summed E-state index contributed by atoms with van der Waals surface area (Å²) in [4.78, 5) is 31.4. The van der Waals surface area contributed by atoms with E-state index in [1.165, 1.54) is 12.3 Å². The van der Waals surface area contributed by atoms with Crippen LogP contribution in [0.3, 0.4) is 0 Å². The topological polar surface area (TPSA) is 77.3 Å². The van der Waals surface area contributed by atoms with Gasteiger partial charge in [-0.05, 0) is 42.3 Å². The highest BCUT2D eigenvalue weighted by Crippen LogP contribution is 2.42. The Balaban J connectivity index is 1.63. The summed E-state index contributed by atoms with van der Waals surface area (Å²) in [6, 6.07) is 11.9. The zero-order chi connectivity index (χ0) is 25.6. The van der Waals surface area contributed by atoms with Crippen molar-refractivity contribution in [2.24, 2.45) is 0 Å². The number of ether oxygens (including phenoxy) is 1. The zero-order valence-corrected chi connectivity index (χ0v) is 19.5. The fourth-order valence-electron chi connectivity index (χ4n) is 4.51. The summed E-state index contributed by atoms with van der Waals surface area (Å²) < 4.78 is 48.3. The number of anilines is 1. The van der Waals surface area contributed by atoms with Gasteiger partial charge in [-0.2, -0.15) is 18.3 Å². The number of hydrogen-bond donors (Lipinski definition) is 0. The number of carbonyl (C=O) groups is 2. The molecule has 0 saturated carbocycles. The standard InChI is InChI=1S/C26H21F3N4O3/c1-3-4-21(34)18-13-31-33(24(18)26(27,28)29)19-9-10-20-22-17(19)11-12-30-23(22)25(35)32(20)14-15-5-7-16(36-2)8-6-15/h5-13H,3-4,14H2,1-2H3. The summed E-state index contributed by atoms with van der Waals surface area (Å²) in [5, 5.41) is 4.78. The number of aromatic nitrogens is 3. The fraction of sp³-hybridized carbons (Fsp3) is 0.231. The maximum absolute atomic E-state index is 14.1. The molecule has 2 aromatic carbocycles. The van der Waals surface area contributed by atoms with E-state index in [9.17, 15) is 22.8 Å². The van der Waals surface area contributed by atoms with Crippen molar-refractivity contribution in [3.8, 4) is 11.4 Å². The summed E-state index contributed by atoms with van der Waals surface area (Å²) >= 11 is 0. The van der Waals surface area contributed by atoms with Crippen molar-refractivity contribution in [3.63, 3.8) is 0 Å². The van der Waals surface area contributed by atoms with E-state index in [1.54, 1.807) is 43.2 Å². The Morgan fingerprint density at radius 3 is 2.44 bits per heavy atom. The highest BCUT2D eigenvalue weighted by atomic mass is 19.4. The molecule has 184 valence electrons. The summed E-state index contributed by atoms with van der Waals surface area (Å²) in [6.45, 7) is 1.97. The van der Waals surface area contributed by atoms with Gasteiger partial charge in [-0.1, -0.05) is 19.1 Å². The normalized spacial score (nSPS) is 13.0. The average molecular weight is 494 g/mol. The van der Waals surface area contributed by atoms with E-state index in [-0.39, 0.29) is 30.3 Å².